The second-order valence-electron chi connectivity index (χ2n) is 4.09. The zero-order valence-corrected chi connectivity index (χ0v) is 12.7. The molecule has 0 aliphatic carbocycles. The van der Waals surface area contributed by atoms with Crippen LogP contribution >= 0.6 is 27.5 Å². The van der Waals surface area contributed by atoms with Crippen LogP contribution in [0.4, 0.5) is 0 Å². The molecule has 100 valence electrons. The van der Waals surface area contributed by atoms with Crippen LogP contribution in [0.15, 0.2) is 45.5 Å². The molecular weight excluding hydrogens is 330 g/mol. The molecule has 3 nitrogen and oxygen atoms in total. The summed E-state index contributed by atoms with van der Waals surface area (Å²) < 4.78 is 5.77. The van der Waals surface area contributed by atoms with Gasteiger partial charge in [0.1, 0.15) is 0 Å². The molecule has 0 radical (unpaired) electrons. The van der Waals surface area contributed by atoms with E-state index in [1.165, 1.54) is 0 Å². The van der Waals surface area contributed by atoms with Crippen LogP contribution < -0.4 is 5.32 Å². The van der Waals surface area contributed by atoms with E-state index in [0.29, 0.717) is 15.5 Å². The summed E-state index contributed by atoms with van der Waals surface area (Å²) in [6, 6.07) is 10.7. The monoisotopic (exact) mass is 341 g/mol. The maximum Gasteiger partial charge on any atom is 0.287 e. The van der Waals surface area contributed by atoms with E-state index in [2.05, 4.69) is 21.2 Å². The summed E-state index contributed by atoms with van der Waals surface area (Å²) >= 11 is 9.03. The molecular formula is C14H13BrClNO2. The van der Waals surface area contributed by atoms with Crippen molar-refractivity contribution in [3.8, 4) is 0 Å². The fourth-order valence-electron chi connectivity index (χ4n) is 1.78. The summed E-state index contributed by atoms with van der Waals surface area (Å²) in [5.41, 5.74) is 1.02. The molecule has 2 aromatic rings. The van der Waals surface area contributed by atoms with Gasteiger partial charge in [0.2, 0.25) is 0 Å². The quantitative estimate of drug-likeness (QED) is 0.884. The number of benzene rings is 1. The van der Waals surface area contributed by atoms with E-state index in [1.807, 2.05) is 31.2 Å². The minimum absolute atomic E-state index is 0.0614. The van der Waals surface area contributed by atoms with Crippen LogP contribution in [0.2, 0.25) is 5.02 Å². The van der Waals surface area contributed by atoms with E-state index < -0.39 is 0 Å². The van der Waals surface area contributed by atoms with Crippen LogP contribution in [0.5, 0.6) is 0 Å². The number of hydrogen-bond acceptors (Lipinski definition) is 2. The van der Waals surface area contributed by atoms with Gasteiger partial charge in [0, 0.05) is 5.02 Å². The minimum atomic E-state index is -0.229. The molecule has 0 aliphatic rings. The first kappa shape index (κ1) is 14.2. The van der Waals surface area contributed by atoms with Crippen LogP contribution in [0.1, 0.15) is 35.5 Å². The van der Waals surface area contributed by atoms with Crippen molar-refractivity contribution in [2.24, 2.45) is 0 Å². The Morgan fingerprint density at radius 3 is 2.53 bits per heavy atom. The summed E-state index contributed by atoms with van der Waals surface area (Å²) in [5.74, 6) is 0.0618. The highest BCUT2D eigenvalue weighted by Gasteiger charge is 2.16. The number of furan rings is 1. The summed E-state index contributed by atoms with van der Waals surface area (Å²) in [6.07, 6.45) is 0.787. The molecule has 0 fully saturated rings. The highest BCUT2D eigenvalue weighted by molar-refractivity contribution is 9.10. The lowest BCUT2D eigenvalue weighted by Gasteiger charge is -2.16. The molecule has 1 N–H and O–H groups in total. The number of carbonyl (C=O) groups is 1. The van der Waals surface area contributed by atoms with Crippen LogP contribution in [-0.2, 0) is 0 Å². The van der Waals surface area contributed by atoms with Crippen molar-refractivity contribution in [3.63, 3.8) is 0 Å². The molecule has 0 spiro atoms. The van der Waals surface area contributed by atoms with Gasteiger partial charge >= 0.3 is 0 Å². The molecule has 2 rings (SSSR count). The topological polar surface area (TPSA) is 42.2 Å². The Morgan fingerprint density at radius 2 is 2.00 bits per heavy atom. The molecule has 5 heteroatoms. The normalized spacial score (nSPS) is 12.2. The SMILES string of the molecule is CCC(NC(=O)c1ccc(Br)o1)c1ccc(Cl)cc1. The second-order valence-corrected chi connectivity index (χ2v) is 5.31. The first-order valence-corrected chi connectivity index (χ1v) is 7.09. The number of halogens is 2. The van der Waals surface area contributed by atoms with Gasteiger partial charge in [-0.1, -0.05) is 30.7 Å². The first-order valence-electron chi connectivity index (χ1n) is 5.92. The Bertz CT molecular complexity index is 565. The largest absolute Gasteiger partial charge is 0.444 e. The number of rotatable bonds is 4. The second kappa shape index (κ2) is 6.26. The summed E-state index contributed by atoms with van der Waals surface area (Å²) in [7, 11) is 0. The maximum absolute atomic E-state index is 12.0. The van der Waals surface area contributed by atoms with Crippen molar-refractivity contribution in [2.45, 2.75) is 19.4 Å². The van der Waals surface area contributed by atoms with Crippen molar-refractivity contribution < 1.29 is 9.21 Å². The van der Waals surface area contributed by atoms with Gasteiger partial charge < -0.3 is 9.73 Å². The average molecular weight is 343 g/mol. The molecule has 1 atom stereocenters. The predicted molar refractivity (Wildman–Crippen MR) is 78.4 cm³/mol. The van der Waals surface area contributed by atoms with E-state index in [9.17, 15) is 4.79 Å². The van der Waals surface area contributed by atoms with Crippen LogP contribution in [0.3, 0.4) is 0 Å². The first-order chi connectivity index (χ1) is 9.10. The molecule has 0 saturated carbocycles. The third-order valence-corrected chi connectivity index (χ3v) is 3.46. The van der Waals surface area contributed by atoms with Gasteiger partial charge in [-0.15, -0.1) is 0 Å². The summed E-state index contributed by atoms with van der Waals surface area (Å²) in [4.78, 5) is 12.0. The van der Waals surface area contributed by atoms with Gasteiger partial charge in [0.25, 0.3) is 5.91 Å². The minimum Gasteiger partial charge on any atom is -0.444 e. The summed E-state index contributed by atoms with van der Waals surface area (Å²) in [5, 5.41) is 3.62. The van der Waals surface area contributed by atoms with Gasteiger partial charge in [-0.3, -0.25) is 4.79 Å². The average Bonchev–Trinajstić information content (AvgIpc) is 2.84. The third kappa shape index (κ3) is 3.61. The van der Waals surface area contributed by atoms with Crippen LogP contribution in [0.25, 0.3) is 0 Å². The van der Waals surface area contributed by atoms with E-state index in [-0.39, 0.29) is 11.9 Å². The van der Waals surface area contributed by atoms with Gasteiger partial charge in [0.05, 0.1) is 6.04 Å². The lowest BCUT2D eigenvalue weighted by atomic mass is 10.0. The van der Waals surface area contributed by atoms with E-state index >= 15 is 0 Å². The molecule has 1 unspecified atom stereocenters. The molecule has 0 aliphatic heterocycles. The van der Waals surface area contributed by atoms with E-state index in [0.717, 1.165) is 12.0 Å². The third-order valence-electron chi connectivity index (χ3n) is 2.78. The van der Waals surface area contributed by atoms with Crippen molar-refractivity contribution >= 4 is 33.4 Å². The van der Waals surface area contributed by atoms with Crippen molar-refractivity contribution in [3.05, 3.63) is 57.4 Å². The molecule has 1 amide bonds. The van der Waals surface area contributed by atoms with Crippen molar-refractivity contribution in [1.29, 1.82) is 0 Å². The number of carbonyl (C=O) groups excluding carboxylic acids is 1. The smallest absolute Gasteiger partial charge is 0.287 e. The number of hydrogen-bond donors (Lipinski definition) is 1. The molecule has 19 heavy (non-hydrogen) atoms. The zero-order chi connectivity index (χ0) is 13.8. The number of amides is 1. The van der Waals surface area contributed by atoms with Gasteiger partial charge in [-0.2, -0.15) is 0 Å². The van der Waals surface area contributed by atoms with E-state index in [1.54, 1.807) is 12.1 Å². The number of nitrogens with one attached hydrogen (secondary N) is 1. The molecule has 0 bridgehead atoms. The Balaban J connectivity index is 2.11. The van der Waals surface area contributed by atoms with Gasteiger partial charge in [0.15, 0.2) is 10.4 Å². The maximum atomic E-state index is 12.0. The highest BCUT2D eigenvalue weighted by atomic mass is 79.9. The zero-order valence-electron chi connectivity index (χ0n) is 10.3. The molecule has 1 heterocycles. The van der Waals surface area contributed by atoms with E-state index in [4.69, 9.17) is 16.0 Å². The summed E-state index contributed by atoms with van der Waals surface area (Å²) in [6.45, 7) is 2.01. The molecule has 1 aromatic heterocycles. The van der Waals surface area contributed by atoms with Crippen LogP contribution in [0, 0.1) is 0 Å². The van der Waals surface area contributed by atoms with Crippen molar-refractivity contribution in [1.82, 2.24) is 5.32 Å². The lowest BCUT2D eigenvalue weighted by Crippen LogP contribution is -2.27. The molecule has 0 saturated heterocycles. The van der Waals surface area contributed by atoms with Crippen LogP contribution in [-0.4, -0.2) is 5.91 Å². The van der Waals surface area contributed by atoms with Gasteiger partial charge in [-0.25, -0.2) is 0 Å². The van der Waals surface area contributed by atoms with Gasteiger partial charge in [-0.05, 0) is 52.2 Å². The Hall–Kier alpha value is -1.26. The Morgan fingerprint density at radius 1 is 1.32 bits per heavy atom. The van der Waals surface area contributed by atoms with Crippen molar-refractivity contribution in [2.75, 3.05) is 0 Å². The fraction of sp³-hybridized carbons (Fsp3) is 0.214. The lowest BCUT2D eigenvalue weighted by molar-refractivity contribution is 0.0906. The fourth-order valence-corrected chi connectivity index (χ4v) is 2.21. The Labute approximate surface area is 125 Å². The molecule has 1 aromatic carbocycles. The Kier molecular flexibility index (Phi) is 4.66. The standard InChI is InChI=1S/C14H13BrClNO2/c1-2-11(9-3-5-10(16)6-4-9)17-14(18)12-7-8-13(15)19-12/h3-8,11H,2H2,1H3,(H,17,18). The highest BCUT2D eigenvalue weighted by Crippen LogP contribution is 2.20. The predicted octanol–water partition coefficient (Wildman–Crippen LogP) is 4.58.